The summed E-state index contributed by atoms with van der Waals surface area (Å²) in [6.45, 7) is 0.244. The van der Waals surface area contributed by atoms with Gasteiger partial charge in [-0.2, -0.15) is 0 Å². The Hall–Kier alpha value is -2.47. The first-order valence-electron chi connectivity index (χ1n) is 8.35. The van der Waals surface area contributed by atoms with Crippen molar-refractivity contribution in [1.29, 1.82) is 0 Å². The highest BCUT2D eigenvalue weighted by Gasteiger charge is 2.32. The van der Waals surface area contributed by atoms with Gasteiger partial charge in [0.15, 0.2) is 0 Å². The monoisotopic (exact) mass is 452 g/mol. The molecule has 1 aliphatic rings. The lowest BCUT2D eigenvalue weighted by atomic mass is 10.2. The van der Waals surface area contributed by atoms with E-state index in [-0.39, 0.29) is 23.8 Å². The molecular formula is C18H16N2O6S3. The smallest absolute Gasteiger partial charge is 0.303 e. The number of amides is 1. The van der Waals surface area contributed by atoms with Crippen molar-refractivity contribution >= 4 is 56.3 Å². The number of hydrogen-bond donors (Lipinski definition) is 2. The van der Waals surface area contributed by atoms with Crippen LogP contribution in [0.2, 0.25) is 0 Å². The average molecular weight is 453 g/mol. The molecule has 1 aromatic carbocycles. The summed E-state index contributed by atoms with van der Waals surface area (Å²) in [4.78, 5) is 24.9. The van der Waals surface area contributed by atoms with Gasteiger partial charge in [-0.1, -0.05) is 24.0 Å². The number of sulfonamides is 1. The molecule has 2 aromatic rings. The van der Waals surface area contributed by atoms with Crippen LogP contribution in [0.25, 0.3) is 17.4 Å². The molecule has 29 heavy (non-hydrogen) atoms. The number of rotatable bonds is 7. The summed E-state index contributed by atoms with van der Waals surface area (Å²) in [5, 5.41) is 13.8. The Morgan fingerprint density at radius 2 is 1.93 bits per heavy atom. The summed E-state index contributed by atoms with van der Waals surface area (Å²) in [7, 11) is -3.77. The van der Waals surface area contributed by atoms with Gasteiger partial charge in [0.1, 0.15) is 15.8 Å². The second-order valence-corrected chi connectivity index (χ2v) is 9.34. The maximum absolute atomic E-state index is 12.5. The molecule has 8 nitrogen and oxygen atoms in total. The number of hydrogen-bond acceptors (Lipinski definition) is 7. The molecule has 0 radical (unpaired) electrons. The van der Waals surface area contributed by atoms with Crippen molar-refractivity contribution in [2.24, 2.45) is 5.14 Å². The standard InChI is InChI=1S/C18H16N2O6S3/c19-29(24,25)13-6-3-11(4-7-13)14-8-5-12(26-14)10-15-17(23)20(18(27)28-15)9-1-2-16(21)22/h3-8,10H,1-2,9H2,(H,21,22)(H2,19,24,25)/b15-10-. The van der Waals surface area contributed by atoms with Crippen LogP contribution in [0, 0.1) is 0 Å². The van der Waals surface area contributed by atoms with Crippen molar-refractivity contribution in [2.75, 3.05) is 6.54 Å². The van der Waals surface area contributed by atoms with Crippen LogP contribution in [0.1, 0.15) is 18.6 Å². The van der Waals surface area contributed by atoms with E-state index >= 15 is 0 Å². The van der Waals surface area contributed by atoms with Crippen LogP contribution in [0.15, 0.2) is 50.6 Å². The fourth-order valence-electron chi connectivity index (χ4n) is 2.60. The third-order valence-electron chi connectivity index (χ3n) is 4.01. The van der Waals surface area contributed by atoms with Crippen LogP contribution >= 0.6 is 24.0 Å². The highest BCUT2D eigenvalue weighted by Crippen LogP contribution is 2.34. The lowest BCUT2D eigenvalue weighted by Gasteiger charge is -2.13. The molecule has 11 heteroatoms. The molecule has 0 atom stereocenters. The zero-order valence-corrected chi connectivity index (χ0v) is 17.4. The SMILES string of the molecule is NS(=O)(=O)c1ccc(-c2ccc(/C=C3\SC(=S)N(CCCC(=O)O)C3=O)o2)cc1. The molecule has 152 valence electrons. The third-order valence-corrected chi connectivity index (χ3v) is 6.32. The lowest BCUT2D eigenvalue weighted by Crippen LogP contribution is -2.29. The Morgan fingerprint density at radius 3 is 2.55 bits per heavy atom. The second-order valence-electron chi connectivity index (χ2n) is 6.10. The van der Waals surface area contributed by atoms with Gasteiger partial charge in [0.2, 0.25) is 10.0 Å². The van der Waals surface area contributed by atoms with E-state index in [0.29, 0.717) is 32.7 Å². The van der Waals surface area contributed by atoms with Crippen LogP contribution < -0.4 is 5.14 Å². The van der Waals surface area contributed by atoms with E-state index in [2.05, 4.69) is 0 Å². The predicted octanol–water partition coefficient (Wildman–Crippen LogP) is 2.66. The first-order valence-corrected chi connectivity index (χ1v) is 11.1. The van der Waals surface area contributed by atoms with E-state index in [0.717, 1.165) is 11.8 Å². The predicted molar refractivity (Wildman–Crippen MR) is 112 cm³/mol. The third kappa shape index (κ3) is 5.12. The minimum absolute atomic E-state index is 0.000369. The number of benzene rings is 1. The molecule has 1 amide bonds. The van der Waals surface area contributed by atoms with Gasteiger partial charge in [-0.25, -0.2) is 13.6 Å². The topological polar surface area (TPSA) is 131 Å². The van der Waals surface area contributed by atoms with E-state index in [4.69, 9.17) is 26.9 Å². The Kier molecular flexibility index (Phi) is 6.22. The van der Waals surface area contributed by atoms with E-state index in [9.17, 15) is 18.0 Å². The van der Waals surface area contributed by atoms with Gasteiger partial charge in [0.05, 0.1) is 9.80 Å². The van der Waals surface area contributed by atoms with Gasteiger partial charge >= 0.3 is 5.97 Å². The van der Waals surface area contributed by atoms with Crippen molar-refractivity contribution in [3.8, 4) is 11.3 Å². The number of nitrogens with two attached hydrogens (primary N) is 1. The molecular weight excluding hydrogens is 436 g/mol. The highest BCUT2D eigenvalue weighted by molar-refractivity contribution is 8.26. The Morgan fingerprint density at radius 1 is 1.24 bits per heavy atom. The molecule has 0 aliphatic carbocycles. The van der Waals surface area contributed by atoms with Crippen molar-refractivity contribution in [2.45, 2.75) is 17.7 Å². The molecule has 3 rings (SSSR count). The molecule has 0 spiro atoms. The number of thiocarbonyl (C=S) groups is 1. The highest BCUT2D eigenvalue weighted by atomic mass is 32.2. The number of thioether (sulfide) groups is 1. The van der Waals surface area contributed by atoms with Gasteiger partial charge in [-0.3, -0.25) is 14.5 Å². The number of carbonyl (C=O) groups excluding carboxylic acids is 1. The van der Waals surface area contributed by atoms with Crippen molar-refractivity contribution in [3.05, 3.63) is 47.1 Å². The largest absolute Gasteiger partial charge is 0.481 e. The fourth-order valence-corrected chi connectivity index (χ4v) is 4.41. The maximum Gasteiger partial charge on any atom is 0.303 e. The summed E-state index contributed by atoms with van der Waals surface area (Å²) < 4.78 is 28.8. The molecule has 1 fully saturated rings. The summed E-state index contributed by atoms with van der Waals surface area (Å²) >= 11 is 6.33. The van der Waals surface area contributed by atoms with E-state index in [1.165, 1.54) is 17.0 Å². The molecule has 0 saturated carbocycles. The number of furan rings is 1. The molecule has 0 bridgehead atoms. The molecule has 1 aromatic heterocycles. The Bertz CT molecular complexity index is 1100. The van der Waals surface area contributed by atoms with Crippen LogP contribution in [-0.4, -0.2) is 41.2 Å². The number of carbonyl (C=O) groups is 2. The van der Waals surface area contributed by atoms with Crippen molar-refractivity contribution < 1.29 is 27.5 Å². The number of carboxylic acids is 1. The zero-order chi connectivity index (χ0) is 21.2. The minimum Gasteiger partial charge on any atom is -0.481 e. The number of primary sulfonamides is 1. The average Bonchev–Trinajstić information content (AvgIpc) is 3.21. The van der Waals surface area contributed by atoms with Crippen LogP contribution in [0.4, 0.5) is 0 Å². The molecule has 2 heterocycles. The van der Waals surface area contributed by atoms with Gasteiger partial charge in [-0.05, 0) is 42.8 Å². The Balaban J connectivity index is 1.74. The first-order chi connectivity index (χ1) is 13.6. The zero-order valence-electron chi connectivity index (χ0n) is 14.9. The second kappa shape index (κ2) is 8.49. The summed E-state index contributed by atoms with van der Waals surface area (Å²) in [6.07, 6.45) is 1.84. The van der Waals surface area contributed by atoms with Crippen molar-refractivity contribution in [1.82, 2.24) is 4.90 Å². The van der Waals surface area contributed by atoms with Crippen LogP contribution in [0.3, 0.4) is 0 Å². The molecule has 3 N–H and O–H groups in total. The van der Waals surface area contributed by atoms with Gasteiger partial charge < -0.3 is 9.52 Å². The summed E-state index contributed by atoms with van der Waals surface area (Å²) in [5.41, 5.74) is 0.651. The maximum atomic E-state index is 12.5. The van der Waals surface area contributed by atoms with Gasteiger partial charge in [-0.15, -0.1) is 0 Å². The number of aliphatic carboxylic acids is 1. The Labute approximate surface area is 176 Å². The van der Waals surface area contributed by atoms with Crippen LogP contribution in [0.5, 0.6) is 0 Å². The fraction of sp³-hybridized carbons (Fsp3) is 0.167. The lowest BCUT2D eigenvalue weighted by molar-refractivity contribution is -0.137. The first kappa shape index (κ1) is 21.2. The van der Waals surface area contributed by atoms with Crippen LogP contribution in [-0.2, 0) is 19.6 Å². The normalized spacial score (nSPS) is 16.0. The summed E-state index contributed by atoms with van der Waals surface area (Å²) in [5.74, 6) is -0.289. The molecule has 1 saturated heterocycles. The van der Waals surface area contributed by atoms with Crippen molar-refractivity contribution in [3.63, 3.8) is 0 Å². The summed E-state index contributed by atoms with van der Waals surface area (Å²) in [6, 6.07) is 9.30. The van der Waals surface area contributed by atoms with Gasteiger partial charge in [0, 0.05) is 24.6 Å². The number of carboxylic acid groups (broad SMARTS) is 1. The van der Waals surface area contributed by atoms with E-state index in [1.54, 1.807) is 30.3 Å². The van der Waals surface area contributed by atoms with Gasteiger partial charge in [0.25, 0.3) is 5.91 Å². The molecule has 1 aliphatic heterocycles. The number of nitrogens with zero attached hydrogens (tertiary/aromatic N) is 1. The quantitative estimate of drug-likeness (QED) is 0.484. The van der Waals surface area contributed by atoms with E-state index < -0.39 is 16.0 Å². The minimum atomic E-state index is -3.77. The van der Waals surface area contributed by atoms with E-state index in [1.807, 2.05) is 0 Å². The molecule has 0 unspecified atom stereocenters.